The van der Waals surface area contributed by atoms with Crippen LogP contribution in [0.5, 0.6) is 0 Å². The predicted octanol–water partition coefficient (Wildman–Crippen LogP) is 17.7. The van der Waals surface area contributed by atoms with E-state index in [1.165, 1.54) is 105 Å². The number of para-hydroxylation sites is 3. The fourth-order valence-corrected chi connectivity index (χ4v) is 11.1. The summed E-state index contributed by atoms with van der Waals surface area (Å²) in [4.78, 5) is 5.58. The maximum atomic E-state index is 5.58. The van der Waals surface area contributed by atoms with E-state index in [4.69, 9.17) is 11.6 Å². The normalized spacial score (nSPS) is 14.7. The molecule has 3 heteroatoms. The quantitative estimate of drug-likeness (QED) is 0.129. The third-order valence-electron chi connectivity index (χ3n) is 14.5. The van der Waals surface area contributed by atoms with Crippen LogP contribution in [-0.2, 0) is 0 Å². The molecule has 0 fully saturated rings. The number of fused-ring (bicyclic) bond motifs is 7. The lowest BCUT2D eigenvalue weighted by Crippen LogP contribution is -2.06. The molecule has 0 saturated carbocycles. The van der Waals surface area contributed by atoms with Gasteiger partial charge in [0.05, 0.1) is 39.2 Å². The van der Waals surface area contributed by atoms with E-state index in [-0.39, 0.29) is 0 Å². The SMILES string of the molecule is C=C(N=C(/C=C(\C)C1=CCCC=C1)c1ccc(-n2c3ccccc3c3cc(-c4ccc5c(c4)c4ccccc4n5-c4ccccc4)ccc32)c2ccccc12)C1=C(c2ccccc2C)C(C)=CCC1. The van der Waals surface area contributed by atoms with Crippen LogP contribution in [0.3, 0.4) is 0 Å². The van der Waals surface area contributed by atoms with Crippen LogP contribution in [-0.4, -0.2) is 14.8 Å². The first-order valence-electron chi connectivity index (χ1n) is 24.4. The summed E-state index contributed by atoms with van der Waals surface area (Å²) in [6.07, 6.45) is 15.5. The van der Waals surface area contributed by atoms with Crippen LogP contribution in [0.25, 0.3) is 82.5 Å². The highest BCUT2D eigenvalue weighted by Gasteiger charge is 2.22. The van der Waals surface area contributed by atoms with E-state index in [1.54, 1.807) is 0 Å². The molecule has 332 valence electrons. The van der Waals surface area contributed by atoms with Crippen LogP contribution >= 0.6 is 0 Å². The highest BCUT2D eigenvalue weighted by atomic mass is 15.0. The molecule has 12 rings (SSSR count). The van der Waals surface area contributed by atoms with E-state index in [2.05, 4.69) is 236 Å². The molecule has 3 nitrogen and oxygen atoms in total. The summed E-state index contributed by atoms with van der Waals surface area (Å²) in [5.74, 6) is 0. The molecule has 0 saturated heterocycles. The largest absolute Gasteiger partial charge is 0.309 e. The number of benzene rings is 8. The van der Waals surface area contributed by atoms with Crippen molar-refractivity contribution in [3.8, 4) is 22.5 Å². The average Bonchev–Trinajstić information content (AvgIpc) is 3.91. The third kappa shape index (κ3) is 7.34. The fraction of sp³-hybridized carbons (Fsp3) is 0.106. The first-order chi connectivity index (χ1) is 33.9. The lowest BCUT2D eigenvalue weighted by atomic mass is 9.84. The monoisotopic (exact) mass is 887 g/mol. The van der Waals surface area contributed by atoms with E-state index in [9.17, 15) is 0 Å². The number of aromatic nitrogens is 2. The van der Waals surface area contributed by atoms with Crippen molar-refractivity contribution in [1.82, 2.24) is 9.13 Å². The Hall–Kier alpha value is -8.27. The summed E-state index contributed by atoms with van der Waals surface area (Å²) in [5, 5.41) is 7.27. The van der Waals surface area contributed by atoms with Crippen molar-refractivity contribution in [1.29, 1.82) is 0 Å². The molecule has 0 spiro atoms. The number of nitrogens with zero attached hydrogens (tertiary/aromatic N) is 3. The molecule has 0 atom stereocenters. The Labute approximate surface area is 404 Å². The first kappa shape index (κ1) is 42.1. The van der Waals surface area contributed by atoms with Gasteiger partial charge in [-0.3, -0.25) is 0 Å². The molecular weight excluding hydrogens is 835 g/mol. The van der Waals surface area contributed by atoms with Gasteiger partial charge in [-0.15, -0.1) is 0 Å². The number of aryl methyl sites for hydroxylation is 1. The summed E-state index contributed by atoms with van der Waals surface area (Å²) < 4.78 is 4.84. The Kier molecular flexibility index (Phi) is 10.6. The minimum Gasteiger partial charge on any atom is -0.309 e. The molecule has 0 N–H and O–H groups in total. The van der Waals surface area contributed by atoms with E-state index < -0.39 is 0 Å². The maximum Gasteiger partial charge on any atom is 0.0718 e. The van der Waals surface area contributed by atoms with Gasteiger partial charge in [0.25, 0.3) is 0 Å². The van der Waals surface area contributed by atoms with E-state index in [0.717, 1.165) is 53.7 Å². The van der Waals surface area contributed by atoms with Crippen LogP contribution in [0.15, 0.2) is 246 Å². The highest BCUT2D eigenvalue weighted by Crippen LogP contribution is 2.42. The molecule has 2 aliphatic rings. The predicted molar refractivity (Wildman–Crippen MR) is 295 cm³/mol. The Bertz CT molecular complexity index is 3930. The van der Waals surface area contributed by atoms with Gasteiger partial charge in [-0.1, -0.05) is 152 Å². The Morgan fingerprint density at radius 2 is 1.16 bits per heavy atom. The Morgan fingerprint density at radius 1 is 0.551 bits per heavy atom. The van der Waals surface area contributed by atoms with Gasteiger partial charge >= 0.3 is 0 Å². The summed E-state index contributed by atoms with van der Waals surface area (Å²) in [5.41, 5.74) is 21.0. The minimum atomic E-state index is 0.820. The van der Waals surface area contributed by atoms with Crippen LogP contribution in [0.2, 0.25) is 0 Å². The molecule has 10 aromatic rings. The van der Waals surface area contributed by atoms with Gasteiger partial charge in [-0.25, -0.2) is 4.99 Å². The number of rotatable bonds is 9. The van der Waals surface area contributed by atoms with E-state index in [0.29, 0.717) is 0 Å². The standard InChI is InChI=1S/C66H53N3/c1-43-20-11-12-26-51(43)66-44(2)21-19-31-52(66)46(4)67-60(40-45(3)47-22-7-5-8-23-47)54-36-39-63(55-28-14-13-27-53(54)55)69-62-33-18-16-30-57(62)59-42-49(35-38-65(59)69)48-34-37-64-58(41-48)56-29-15-17-32-61(56)68(64)50-24-9-6-10-25-50/h6-7,9-18,20-30,32-42H,4-5,8,19,31H2,1-3H3/b45-40+,67-60?. The smallest absolute Gasteiger partial charge is 0.0718 e. The summed E-state index contributed by atoms with van der Waals surface area (Å²) in [6, 6.07) is 64.4. The second-order valence-electron chi connectivity index (χ2n) is 18.7. The molecule has 0 bridgehead atoms. The number of hydrogen-bond acceptors (Lipinski definition) is 1. The van der Waals surface area contributed by atoms with Crippen LogP contribution in [0.1, 0.15) is 56.2 Å². The van der Waals surface area contributed by atoms with Gasteiger partial charge < -0.3 is 9.13 Å². The molecule has 2 heterocycles. The molecule has 0 unspecified atom stereocenters. The zero-order chi connectivity index (χ0) is 46.6. The molecule has 0 radical (unpaired) electrons. The van der Waals surface area contributed by atoms with E-state index in [1.807, 2.05) is 0 Å². The van der Waals surface area contributed by atoms with Gasteiger partial charge in [0.2, 0.25) is 0 Å². The second kappa shape index (κ2) is 17.4. The van der Waals surface area contributed by atoms with Crippen molar-refractivity contribution in [3.05, 3.63) is 258 Å². The number of allylic oxidation sites excluding steroid dienone is 10. The van der Waals surface area contributed by atoms with Crippen molar-refractivity contribution in [2.45, 2.75) is 46.5 Å². The number of aliphatic imine (C=N–C) groups is 1. The molecule has 8 aromatic carbocycles. The van der Waals surface area contributed by atoms with Crippen molar-refractivity contribution in [3.63, 3.8) is 0 Å². The summed E-state index contributed by atoms with van der Waals surface area (Å²) in [7, 11) is 0. The average molecular weight is 888 g/mol. The van der Waals surface area contributed by atoms with Crippen molar-refractivity contribution in [2.75, 3.05) is 0 Å². The molecule has 69 heavy (non-hydrogen) atoms. The van der Waals surface area contributed by atoms with Gasteiger partial charge in [0.15, 0.2) is 0 Å². The second-order valence-corrected chi connectivity index (χ2v) is 18.7. The van der Waals surface area contributed by atoms with E-state index >= 15 is 0 Å². The molecule has 2 aromatic heterocycles. The first-order valence-corrected chi connectivity index (χ1v) is 24.4. The van der Waals surface area contributed by atoms with Gasteiger partial charge in [0, 0.05) is 38.2 Å². The van der Waals surface area contributed by atoms with Crippen LogP contribution in [0, 0.1) is 6.92 Å². The molecule has 0 amide bonds. The fourth-order valence-electron chi connectivity index (χ4n) is 11.1. The van der Waals surface area contributed by atoms with Gasteiger partial charge in [-0.05, 0) is 163 Å². The molecular formula is C66H53N3. The van der Waals surface area contributed by atoms with Gasteiger partial charge in [-0.2, -0.15) is 0 Å². The van der Waals surface area contributed by atoms with Crippen molar-refractivity contribution < 1.29 is 0 Å². The molecule has 2 aliphatic carbocycles. The maximum absolute atomic E-state index is 5.58. The van der Waals surface area contributed by atoms with Crippen LogP contribution in [0.4, 0.5) is 0 Å². The van der Waals surface area contributed by atoms with Crippen LogP contribution < -0.4 is 0 Å². The molecule has 0 aliphatic heterocycles. The third-order valence-corrected chi connectivity index (χ3v) is 14.5. The van der Waals surface area contributed by atoms with Crippen molar-refractivity contribution in [2.24, 2.45) is 4.99 Å². The zero-order valence-corrected chi connectivity index (χ0v) is 39.5. The summed E-state index contributed by atoms with van der Waals surface area (Å²) in [6.45, 7) is 11.4. The van der Waals surface area contributed by atoms with Gasteiger partial charge in [0.1, 0.15) is 0 Å². The summed E-state index contributed by atoms with van der Waals surface area (Å²) >= 11 is 0. The Morgan fingerprint density at radius 3 is 1.86 bits per heavy atom. The zero-order valence-electron chi connectivity index (χ0n) is 39.5. The highest BCUT2D eigenvalue weighted by molar-refractivity contribution is 6.19. The van der Waals surface area contributed by atoms with Crippen molar-refractivity contribution >= 4 is 65.7 Å². The Balaban J connectivity index is 1.01. The number of hydrogen-bond donors (Lipinski definition) is 0. The lowest BCUT2D eigenvalue weighted by molar-refractivity contribution is 0.955. The minimum absolute atomic E-state index is 0.820. The topological polar surface area (TPSA) is 22.2 Å². The lowest BCUT2D eigenvalue weighted by Gasteiger charge is -2.22.